The molecule has 1 saturated heterocycles. The fraction of sp³-hybridized carbons (Fsp3) is 0.200. The van der Waals surface area contributed by atoms with E-state index in [1.165, 1.54) is 5.56 Å². The van der Waals surface area contributed by atoms with E-state index in [-0.39, 0.29) is 18.4 Å². The molecule has 4 aromatic carbocycles. The highest BCUT2D eigenvalue weighted by molar-refractivity contribution is 5.97. The highest BCUT2D eigenvalue weighted by Crippen LogP contribution is 2.37. The van der Waals surface area contributed by atoms with Crippen LogP contribution in [0.1, 0.15) is 47.4 Å². The number of para-hydroxylation sites is 1. The Hall–Kier alpha value is -4.64. The summed E-state index contributed by atoms with van der Waals surface area (Å²) >= 11 is 0. The number of carboxylic acid groups (broad SMARTS) is 1. The third-order valence-electron chi connectivity index (χ3n) is 7.81. The van der Waals surface area contributed by atoms with Gasteiger partial charge >= 0.3 is 5.97 Å². The Morgan fingerprint density at radius 1 is 0.775 bits per heavy atom. The number of piperidine rings is 1. The molecule has 5 heteroatoms. The zero-order chi connectivity index (χ0) is 27.5. The predicted octanol–water partition coefficient (Wildman–Crippen LogP) is 7.83. The number of likely N-dealkylation sites (tertiary alicyclic amines) is 1. The van der Waals surface area contributed by atoms with E-state index in [9.17, 15) is 14.7 Å². The van der Waals surface area contributed by atoms with Crippen molar-refractivity contribution < 1.29 is 19.1 Å². The van der Waals surface area contributed by atoms with Crippen LogP contribution in [0, 0.1) is 0 Å². The van der Waals surface area contributed by atoms with E-state index >= 15 is 0 Å². The molecule has 200 valence electrons. The highest BCUT2D eigenvalue weighted by atomic mass is 16.4. The lowest BCUT2D eigenvalue weighted by molar-refractivity contribution is -0.138. The van der Waals surface area contributed by atoms with Crippen molar-refractivity contribution in [3.63, 3.8) is 0 Å². The smallest absolute Gasteiger partial charge is 0.305 e. The molecule has 0 spiro atoms. The fourth-order valence-corrected chi connectivity index (χ4v) is 5.80. The second-order valence-corrected chi connectivity index (χ2v) is 10.5. The van der Waals surface area contributed by atoms with Crippen molar-refractivity contribution in [1.29, 1.82) is 0 Å². The van der Waals surface area contributed by atoms with Gasteiger partial charge in [0.2, 0.25) is 0 Å². The molecule has 0 saturated carbocycles. The first kappa shape index (κ1) is 25.6. The molecule has 2 heterocycles. The van der Waals surface area contributed by atoms with E-state index in [0.717, 1.165) is 58.2 Å². The van der Waals surface area contributed by atoms with Crippen molar-refractivity contribution in [3.05, 3.63) is 120 Å². The number of furan rings is 1. The molecule has 1 aromatic heterocycles. The van der Waals surface area contributed by atoms with E-state index in [1.807, 2.05) is 60.7 Å². The van der Waals surface area contributed by atoms with Gasteiger partial charge < -0.3 is 14.4 Å². The van der Waals surface area contributed by atoms with Crippen LogP contribution in [0.5, 0.6) is 0 Å². The molecular weight excluding hydrogens is 498 g/mol. The Balaban J connectivity index is 1.25. The van der Waals surface area contributed by atoms with Crippen LogP contribution < -0.4 is 0 Å². The fourth-order valence-electron chi connectivity index (χ4n) is 5.80. The number of hydrogen-bond donors (Lipinski definition) is 1. The molecule has 1 atom stereocenters. The van der Waals surface area contributed by atoms with E-state index in [2.05, 4.69) is 42.5 Å². The summed E-state index contributed by atoms with van der Waals surface area (Å²) in [5, 5.41) is 10.4. The van der Waals surface area contributed by atoms with Gasteiger partial charge in [-0.2, -0.15) is 0 Å². The molecule has 40 heavy (non-hydrogen) atoms. The summed E-state index contributed by atoms with van der Waals surface area (Å²) in [4.78, 5) is 26.2. The molecule has 6 rings (SSSR count). The standard InChI is InChI=1S/C35H31NO4/c37-33(38)23-29-10-6-7-21-36(29)35(39)28-19-15-26(16-20-28)25-13-17-27(18-14-25)34-30-11-4-5-12-31(30)40-32(34)22-24-8-2-1-3-9-24/h1-5,8-9,11-20,29H,6-7,10,21-23H2,(H,37,38). The molecule has 1 aliphatic rings. The van der Waals surface area contributed by atoms with Gasteiger partial charge in [0.25, 0.3) is 5.91 Å². The Morgan fingerprint density at radius 3 is 2.15 bits per heavy atom. The minimum Gasteiger partial charge on any atom is -0.481 e. The molecule has 1 amide bonds. The number of fused-ring (bicyclic) bond motifs is 1. The lowest BCUT2D eigenvalue weighted by atomic mass is 9.95. The molecular formula is C35H31NO4. The van der Waals surface area contributed by atoms with Gasteiger partial charge in [-0.3, -0.25) is 9.59 Å². The molecule has 5 nitrogen and oxygen atoms in total. The van der Waals surface area contributed by atoms with Crippen molar-refractivity contribution in [2.24, 2.45) is 0 Å². The van der Waals surface area contributed by atoms with Crippen LogP contribution in [0.4, 0.5) is 0 Å². The van der Waals surface area contributed by atoms with E-state index < -0.39 is 5.97 Å². The number of amides is 1. The van der Waals surface area contributed by atoms with E-state index in [1.54, 1.807) is 4.90 Å². The summed E-state index contributed by atoms with van der Waals surface area (Å²) in [5.74, 6) is -0.00772. The van der Waals surface area contributed by atoms with Crippen molar-refractivity contribution >= 4 is 22.8 Å². The second kappa shape index (κ2) is 11.2. The molecule has 1 aliphatic heterocycles. The van der Waals surface area contributed by atoms with Gasteiger partial charge in [0.1, 0.15) is 11.3 Å². The summed E-state index contributed by atoms with van der Waals surface area (Å²) in [6.07, 6.45) is 3.31. The second-order valence-electron chi connectivity index (χ2n) is 10.5. The average molecular weight is 530 g/mol. The van der Waals surface area contributed by atoms with Crippen molar-refractivity contribution in [2.75, 3.05) is 6.54 Å². The van der Waals surface area contributed by atoms with Gasteiger partial charge in [-0.1, -0.05) is 84.9 Å². The van der Waals surface area contributed by atoms with Crippen LogP contribution in [-0.4, -0.2) is 34.5 Å². The number of rotatable bonds is 7. The van der Waals surface area contributed by atoms with Crippen molar-refractivity contribution in [2.45, 2.75) is 38.1 Å². The molecule has 0 aliphatic carbocycles. The molecule has 1 N–H and O–H groups in total. The van der Waals surface area contributed by atoms with Crippen LogP contribution in [0.3, 0.4) is 0 Å². The van der Waals surface area contributed by atoms with E-state index in [0.29, 0.717) is 18.5 Å². The Bertz CT molecular complexity index is 1640. The van der Waals surface area contributed by atoms with Crippen LogP contribution in [0.15, 0.2) is 108 Å². The number of carbonyl (C=O) groups is 2. The van der Waals surface area contributed by atoms with Crippen molar-refractivity contribution in [1.82, 2.24) is 4.90 Å². The first-order valence-corrected chi connectivity index (χ1v) is 13.8. The summed E-state index contributed by atoms with van der Waals surface area (Å²) < 4.78 is 6.32. The SMILES string of the molecule is O=C(O)CC1CCCCN1C(=O)c1ccc(-c2ccc(-c3c(Cc4ccccc4)oc4ccccc34)cc2)cc1. The largest absolute Gasteiger partial charge is 0.481 e. The van der Waals surface area contributed by atoms with Gasteiger partial charge in [0.05, 0.1) is 6.42 Å². The van der Waals surface area contributed by atoms with Gasteiger partial charge in [0, 0.05) is 35.5 Å². The molecule has 1 unspecified atom stereocenters. The maximum Gasteiger partial charge on any atom is 0.305 e. The maximum absolute atomic E-state index is 13.2. The lowest BCUT2D eigenvalue weighted by Gasteiger charge is -2.35. The summed E-state index contributed by atoms with van der Waals surface area (Å²) in [6.45, 7) is 0.606. The minimum atomic E-state index is -0.862. The number of benzene rings is 4. The third kappa shape index (κ3) is 5.28. The third-order valence-corrected chi connectivity index (χ3v) is 7.81. The normalized spacial score (nSPS) is 15.3. The zero-order valence-electron chi connectivity index (χ0n) is 22.3. The predicted molar refractivity (Wildman–Crippen MR) is 157 cm³/mol. The summed E-state index contributed by atoms with van der Waals surface area (Å²) in [7, 11) is 0. The molecule has 5 aromatic rings. The topological polar surface area (TPSA) is 70.8 Å². The first-order valence-electron chi connectivity index (χ1n) is 13.8. The van der Waals surface area contributed by atoms with Gasteiger partial charge in [0.15, 0.2) is 0 Å². The monoisotopic (exact) mass is 529 g/mol. The number of carboxylic acids is 1. The van der Waals surface area contributed by atoms with Crippen molar-refractivity contribution in [3.8, 4) is 22.3 Å². The zero-order valence-corrected chi connectivity index (χ0v) is 22.3. The van der Waals surface area contributed by atoms with Crippen LogP contribution >= 0.6 is 0 Å². The van der Waals surface area contributed by atoms with Gasteiger partial charge in [-0.05, 0) is 59.7 Å². The van der Waals surface area contributed by atoms with Gasteiger partial charge in [-0.25, -0.2) is 0 Å². The molecule has 0 radical (unpaired) electrons. The number of aliphatic carboxylic acids is 1. The Kier molecular flexibility index (Phi) is 7.19. The summed E-state index contributed by atoms with van der Waals surface area (Å²) in [5.41, 5.74) is 6.96. The maximum atomic E-state index is 13.2. The lowest BCUT2D eigenvalue weighted by Crippen LogP contribution is -2.44. The summed E-state index contributed by atoms with van der Waals surface area (Å²) in [6, 6.07) is 34.4. The van der Waals surface area contributed by atoms with Crippen LogP contribution in [0.2, 0.25) is 0 Å². The molecule has 0 bridgehead atoms. The highest BCUT2D eigenvalue weighted by Gasteiger charge is 2.29. The Morgan fingerprint density at radius 2 is 1.43 bits per heavy atom. The Labute approximate surface area is 233 Å². The van der Waals surface area contributed by atoms with Crippen LogP contribution in [-0.2, 0) is 11.2 Å². The number of nitrogens with zero attached hydrogens (tertiary/aromatic N) is 1. The first-order chi connectivity index (χ1) is 19.6. The molecule has 1 fully saturated rings. The van der Waals surface area contributed by atoms with Crippen LogP contribution in [0.25, 0.3) is 33.2 Å². The van der Waals surface area contributed by atoms with Gasteiger partial charge in [-0.15, -0.1) is 0 Å². The number of hydrogen-bond acceptors (Lipinski definition) is 3. The quantitative estimate of drug-likeness (QED) is 0.233. The average Bonchev–Trinajstić information content (AvgIpc) is 3.35. The number of carbonyl (C=O) groups excluding carboxylic acids is 1. The van der Waals surface area contributed by atoms with E-state index in [4.69, 9.17) is 4.42 Å². The minimum absolute atomic E-state index is 0.00478.